The van der Waals surface area contributed by atoms with E-state index in [4.69, 9.17) is 21.1 Å². The van der Waals surface area contributed by atoms with Gasteiger partial charge < -0.3 is 25.0 Å². The van der Waals surface area contributed by atoms with Crippen LogP contribution in [0.3, 0.4) is 0 Å². The number of ether oxygens (including phenoxy) is 2. The molecule has 0 aliphatic carbocycles. The Morgan fingerprint density at radius 2 is 1.96 bits per heavy atom. The summed E-state index contributed by atoms with van der Waals surface area (Å²) in [5, 5.41) is 7.14. The number of likely N-dealkylation sites (N-methyl/N-ethyl adjacent to an activating group) is 1. The van der Waals surface area contributed by atoms with E-state index in [0.29, 0.717) is 37.3 Å². The van der Waals surface area contributed by atoms with Crippen LogP contribution in [0.5, 0.6) is 5.75 Å². The maximum absolute atomic E-state index is 11.8. The molecule has 0 fully saturated rings. The molecule has 2 N–H and O–H groups in total. The summed E-state index contributed by atoms with van der Waals surface area (Å²) < 4.78 is 10.5. The first-order valence-electron chi connectivity index (χ1n) is 9.10. The minimum absolute atomic E-state index is 0. The van der Waals surface area contributed by atoms with Gasteiger partial charge in [-0.05, 0) is 37.5 Å². The predicted molar refractivity (Wildman–Crippen MR) is 125 cm³/mol. The Morgan fingerprint density at radius 1 is 1.25 bits per heavy atom. The highest BCUT2D eigenvalue weighted by atomic mass is 127. The van der Waals surface area contributed by atoms with Crippen LogP contribution >= 0.6 is 35.6 Å². The van der Waals surface area contributed by atoms with Gasteiger partial charge in [-0.25, -0.2) is 4.99 Å². The fourth-order valence-corrected chi connectivity index (χ4v) is 2.43. The highest BCUT2D eigenvalue weighted by molar-refractivity contribution is 14.0. The molecule has 0 aliphatic rings. The quantitative estimate of drug-likeness (QED) is 0.201. The molecular formula is C19H32ClIN4O3. The molecule has 0 unspecified atom stereocenters. The summed E-state index contributed by atoms with van der Waals surface area (Å²) in [7, 11) is 5.04. The zero-order valence-electron chi connectivity index (χ0n) is 17.1. The van der Waals surface area contributed by atoms with E-state index in [0.717, 1.165) is 24.2 Å². The molecule has 1 aromatic rings. The van der Waals surface area contributed by atoms with E-state index in [-0.39, 0.29) is 36.4 Å². The molecule has 0 aromatic heterocycles. The van der Waals surface area contributed by atoms with Crippen LogP contribution < -0.4 is 15.4 Å². The van der Waals surface area contributed by atoms with E-state index in [1.807, 2.05) is 19.1 Å². The van der Waals surface area contributed by atoms with Gasteiger partial charge in [0.2, 0.25) is 5.91 Å². The number of hydrogen-bond donors (Lipinski definition) is 2. The minimum Gasteiger partial charge on any atom is -0.497 e. The summed E-state index contributed by atoms with van der Waals surface area (Å²) in [4.78, 5) is 17.7. The molecule has 0 aliphatic heterocycles. The van der Waals surface area contributed by atoms with Gasteiger partial charge >= 0.3 is 0 Å². The van der Waals surface area contributed by atoms with Gasteiger partial charge in [0.1, 0.15) is 12.3 Å². The molecule has 160 valence electrons. The molecule has 0 saturated heterocycles. The van der Waals surface area contributed by atoms with Crippen molar-refractivity contribution in [2.75, 3.05) is 54.1 Å². The zero-order chi connectivity index (χ0) is 20.1. The number of halogens is 2. The van der Waals surface area contributed by atoms with E-state index in [9.17, 15) is 4.79 Å². The Labute approximate surface area is 190 Å². The number of nitrogens with one attached hydrogen (secondary N) is 2. The Kier molecular flexibility index (Phi) is 14.9. The molecule has 1 aromatic carbocycles. The van der Waals surface area contributed by atoms with Gasteiger partial charge in [-0.3, -0.25) is 4.79 Å². The second-order valence-electron chi connectivity index (χ2n) is 6.06. The second kappa shape index (κ2) is 15.6. The average Bonchev–Trinajstić information content (AvgIpc) is 2.65. The smallest absolute Gasteiger partial charge is 0.243 e. The Morgan fingerprint density at radius 3 is 2.57 bits per heavy atom. The number of guanidine groups is 1. The van der Waals surface area contributed by atoms with E-state index < -0.39 is 0 Å². The van der Waals surface area contributed by atoms with Gasteiger partial charge in [0, 0.05) is 45.4 Å². The monoisotopic (exact) mass is 526 g/mol. The molecule has 0 radical (unpaired) electrons. The summed E-state index contributed by atoms with van der Waals surface area (Å²) in [6, 6.07) is 5.64. The number of nitrogens with zero attached hydrogens (tertiary/aromatic N) is 2. The lowest BCUT2D eigenvalue weighted by molar-refractivity contribution is -0.127. The molecule has 7 nitrogen and oxygen atoms in total. The van der Waals surface area contributed by atoms with Gasteiger partial charge in [-0.2, -0.15) is 0 Å². The number of carbonyl (C=O) groups is 1. The average molecular weight is 527 g/mol. The summed E-state index contributed by atoms with van der Waals surface area (Å²) in [5.74, 6) is 1.28. The molecule has 0 atom stereocenters. The number of hydrogen-bond acceptors (Lipinski definition) is 4. The van der Waals surface area contributed by atoms with Crippen molar-refractivity contribution in [3.05, 3.63) is 28.8 Å². The summed E-state index contributed by atoms with van der Waals surface area (Å²) in [6.45, 7) is 4.81. The first-order chi connectivity index (χ1) is 13.0. The molecule has 0 spiro atoms. The zero-order valence-corrected chi connectivity index (χ0v) is 20.2. The number of methoxy groups -OCH3 is 1. The van der Waals surface area contributed by atoms with Crippen molar-refractivity contribution in [3.8, 4) is 5.75 Å². The molecule has 0 heterocycles. The summed E-state index contributed by atoms with van der Waals surface area (Å²) >= 11 is 6.28. The Hall–Kier alpha value is -1.26. The largest absolute Gasteiger partial charge is 0.497 e. The van der Waals surface area contributed by atoms with Crippen LogP contribution in [0.1, 0.15) is 18.9 Å². The van der Waals surface area contributed by atoms with Gasteiger partial charge in [0.05, 0.1) is 7.11 Å². The summed E-state index contributed by atoms with van der Waals surface area (Å²) in [5.41, 5.74) is 1.02. The third-order valence-electron chi connectivity index (χ3n) is 3.78. The Bertz CT molecular complexity index is 615. The number of aliphatic imine (C=N–C) groups is 1. The fraction of sp³-hybridized carbons (Fsp3) is 0.579. The van der Waals surface area contributed by atoms with Crippen LogP contribution in [-0.2, 0) is 16.0 Å². The van der Waals surface area contributed by atoms with Crippen molar-refractivity contribution < 1.29 is 14.3 Å². The maximum atomic E-state index is 11.8. The van der Waals surface area contributed by atoms with Crippen LogP contribution in [0.4, 0.5) is 0 Å². The molecule has 0 saturated carbocycles. The van der Waals surface area contributed by atoms with E-state index in [1.54, 1.807) is 27.3 Å². The number of benzene rings is 1. The molecule has 1 rings (SSSR count). The standard InChI is InChI=1S/C19H31ClN4O3.HI/c1-5-27-12-6-10-21-19(23-14-18(25)24(2)3)22-11-9-15-7-8-16(26-4)13-17(15)20;/h7-8,13H,5-6,9-12,14H2,1-4H3,(H2,21,22,23);1H. The second-order valence-corrected chi connectivity index (χ2v) is 6.47. The van der Waals surface area contributed by atoms with Crippen molar-refractivity contribution in [2.24, 2.45) is 4.99 Å². The summed E-state index contributed by atoms with van der Waals surface area (Å²) in [6.07, 6.45) is 1.59. The number of carbonyl (C=O) groups excluding carboxylic acids is 1. The van der Waals surface area contributed by atoms with Gasteiger partial charge in [0.15, 0.2) is 5.96 Å². The highest BCUT2D eigenvalue weighted by Crippen LogP contribution is 2.22. The van der Waals surface area contributed by atoms with E-state index in [1.165, 1.54) is 4.90 Å². The Balaban J connectivity index is 0.00000729. The van der Waals surface area contributed by atoms with Crippen molar-refractivity contribution in [2.45, 2.75) is 19.8 Å². The number of amides is 1. The van der Waals surface area contributed by atoms with E-state index >= 15 is 0 Å². The molecular weight excluding hydrogens is 495 g/mol. The lowest BCUT2D eigenvalue weighted by Gasteiger charge is -2.14. The lowest BCUT2D eigenvalue weighted by atomic mass is 10.1. The third-order valence-corrected chi connectivity index (χ3v) is 4.13. The first-order valence-corrected chi connectivity index (χ1v) is 9.48. The van der Waals surface area contributed by atoms with Gasteiger partial charge in [0.25, 0.3) is 0 Å². The van der Waals surface area contributed by atoms with Crippen LogP contribution in [-0.4, -0.2) is 70.8 Å². The van der Waals surface area contributed by atoms with Crippen LogP contribution in [0.25, 0.3) is 0 Å². The van der Waals surface area contributed by atoms with Crippen molar-refractivity contribution >= 4 is 47.4 Å². The third kappa shape index (κ3) is 10.9. The van der Waals surface area contributed by atoms with Crippen LogP contribution in [0.2, 0.25) is 5.02 Å². The van der Waals surface area contributed by atoms with Crippen molar-refractivity contribution in [1.29, 1.82) is 0 Å². The SMILES string of the molecule is CCOCCCNC(=NCC(=O)N(C)C)NCCc1ccc(OC)cc1Cl.I. The van der Waals surface area contributed by atoms with Gasteiger partial charge in [-0.15, -0.1) is 24.0 Å². The first kappa shape index (κ1) is 26.7. The molecule has 28 heavy (non-hydrogen) atoms. The lowest BCUT2D eigenvalue weighted by Crippen LogP contribution is -2.40. The molecule has 9 heteroatoms. The number of rotatable bonds is 11. The molecule has 0 bridgehead atoms. The fourth-order valence-electron chi connectivity index (χ4n) is 2.16. The maximum Gasteiger partial charge on any atom is 0.243 e. The highest BCUT2D eigenvalue weighted by Gasteiger charge is 2.06. The minimum atomic E-state index is -0.0522. The predicted octanol–water partition coefficient (Wildman–Crippen LogP) is 2.56. The van der Waals surface area contributed by atoms with Crippen molar-refractivity contribution in [3.63, 3.8) is 0 Å². The van der Waals surface area contributed by atoms with Crippen LogP contribution in [0.15, 0.2) is 23.2 Å². The van der Waals surface area contributed by atoms with Crippen molar-refractivity contribution in [1.82, 2.24) is 15.5 Å². The van der Waals surface area contributed by atoms with E-state index in [2.05, 4.69) is 15.6 Å². The normalized spacial score (nSPS) is 10.8. The topological polar surface area (TPSA) is 75.2 Å². The van der Waals surface area contributed by atoms with Crippen LogP contribution in [0, 0.1) is 0 Å². The molecule has 1 amide bonds. The van der Waals surface area contributed by atoms with Gasteiger partial charge in [-0.1, -0.05) is 17.7 Å².